The van der Waals surface area contributed by atoms with Gasteiger partial charge in [0.05, 0.1) is 28.4 Å². The molecule has 0 atom stereocenters. The molecule has 10 rings (SSSR count). The van der Waals surface area contributed by atoms with Gasteiger partial charge < -0.3 is 4.90 Å². The Morgan fingerprint density at radius 2 is 1.14 bits per heavy atom. The second-order valence-corrected chi connectivity index (χ2v) is 12.8. The molecule has 5 nitrogen and oxygen atoms in total. The number of aromatic nitrogens is 4. The SMILES string of the molecule is Cc1ccccc1-c1cnc2c3cc(N(c4ccccc4)c4ccc5c6ccccc6n(-c6ccccn6)c5c4)ccc3c3ccccc3n12. The summed E-state index contributed by atoms with van der Waals surface area (Å²) in [7, 11) is 0. The molecule has 0 aliphatic rings. The number of hydrogen-bond donors (Lipinski definition) is 0. The molecule has 4 heterocycles. The number of fused-ring (bicyclic) bond motifs is 9. The largest absolute Gasteiger partial charge is 0.310 e. The van der Waals surface area contributed by atoms with Crippen LogP contribution in [0.4, 0.5) is 17.1 Å². The van der Waals surface area contributed by atoms with E-state index in [2.05, 4.69) is 166 Å². The quantitative estimate of drug-likeness (QED) is 0.176. The van der Waals surface area contributed by atoms with Gasteiger partial charge in [-0.3, -0.25) is 8.97 Å². The fourth-order valence-electron chi connectivity index (χ4n) is 7.68. The van der Waals surface area contributed by atoms with E-state index in [9.17, 15) is 0 Å². The average Bonchev–Trinajstić information content (AvgIpc) is 3.76. The Hall–Kier alpha value is -6.72. The molecule has 0 aliphatic heterocycles. The average molecular weight is 642 g/mol. The van der Waals surface area contributed by atoms with Gasteiger partial charge in [-0.25, -0.2) is 9.97 Å². The van der Waals surface area contributed by atoms with Crippen LogP contribution >= 0.6 is 0 Å². The van der Waals surface area contributed by atoms with Crippen molar-refractivity contribution in [2.45, 2.75) is 6.92 Å². The summed E-state index contributed by atoms with van der Waals surface area (Å²) >= 11 is 0. The molecular formula is C45H31N5. The molecule has 50 heavy (non-hydrogen) atoms. The number of imidazole rings is 1. The molecule has 6 aromatic carbocycles. The van der Waals surface area contributed by atoms with Crippen LogP contribution in [0.3, 0.4) is 0 Å². The summed E-state index contributed by atoms with van der Waals surface area (Å²) in [5.74, 6) is 0.894. The first-order chi connectivity index (χ1) is 24.7. The molecule has 0 saturated carbocycles. The number of anilines is 3. The fourth-order valence-corrected chi connectivity index (χ4v) is 7.68. The van der Waals surface area contributed by atoms with Gasteiger partial charge in [-0.1, -0.05) is 97.1 Å². The van der Waals surface area contributed by atoms with E-state index in [1.165, 1.54) is 32.7 Å². The first kappa shape index (κ1) is 28.3. The minimum Gasteiger partial charge on any atom is -0.310 e. The molecule has 5 heteroatoms. The fraction of sp³-hybridized carbons (Fsp3) is 0.0222. The number of hydrogen-bond acceptors (Lipinski definition) is 3. The van der Waals surface area contributed by atoms with Gasteiger partial charge in [-0.05, 0) is 78.5 Å². The maximum absolute atomic E-state index is 5.10. The number of pyridine rings is 2. The Balaban J connectivity index is 1.24. The third kappa shape index (κ3) is 4.27. The van der Waals surface area contributed by atoms with Gasteiger partial charge in [0.25, 0.3) is 0 Å². The normalized spacial score (nSPS) is 11.7. The van der Waals surface area contributed by atoms with Gasteiger partial charge in [0.2, 0.25) is 0 Å². The molecular weight excluding hydrogens is 611 g/mol. The van der Waals surface area contributed by atoms with Crippen molar-refractivity contribution in [1.29, 1.82) is 0 Å². The summed E-state index contributed by atoms with van der Waals surface area (Å²) in [6.45, 7) is 2.16. The van der Waals surface area contributed by atoms with Gasteiger partial charge in [0, 0.05) is 50.4 Å². The first-order valence-electron chi connectivity index (χ1n) is 16.9. The lowest BCUT2D eigenvalue weighted by atomic mass is 10.0. The van der Waals surface area contributed by atoms with E-state index in [1.807, 2.05) is 24.5 Å². The summed E-state index contributed by atoms with van der Waals surface area (Å²) in [5.41, 5.74) is 11.0. The molecule has 0 amide bonds. The van der Waals surface area contributed by atoms with Crippen LogP contribution in [-0.2, 0) is 0 Å². The zero-order valence-corrected chi connectivity index (χ0v) is 27.4. The second-order valence-electron chi connectivity index (χ2n) is 12.8. The van der Waals surface area contributed by atoms with Crippen LogP contribution in [0, 0.1) is 6.92 Å². The van der Waals surface area contributed by atoms with E-state index < -0.39 is 0 Å². The Morgan fingerprint density at radius 1 is 0.480 bits per heavy atom. The van der Waals surface area contributed by atoms with Crippen molar-refractivity contribution >= 4 is 66.2 Å². The molecule has 0 bridgehead atoms. The van der Waals surface area contributed by atoms with Crippen molar-refractivity contribution in [2.75, 3.05) is 4.90 Å². The Kier molecular flexibility index (Phi) is 6.33. The van der Waals surface area contributed by atoms with E-state index in [-0.39, 0.29) is 0 Å². The highest BCUT2D eigenvalue weighted by molar-refractivity contribution is 6.14. The van der Waals surface area contributed by atoms with Gasteiger partial charge in [0.15, 0.2) is 0 Å². The summed E-state index contributed by atoms with van der Waals surface area (Å²) in [6, 6.07) is 56.0. The summed E-state index contributed by atoms with van der Waals surface area (Å²) in [6.07, 6.45) is 3.88. The van der Waals surface area contributed by atoms with Crippen LogP contribution in [0.1, 0.15) is 5.56 Å². The molecule has 0 saturated heterocycles. The lowest BCUT2D eigenvalue weighted by molar-refractivity contribution is 1.08. The third-order valence-electron chi connectivity index (χ3n) is 9.93. The monoisotopic (exact) mass is 641 g/mol. The summed E-state index contributed by atoms with van der Waals surface area (Å²) < 4.78 is 4.60. The molecule has 4 aromatic heterocycles. The van der Waals surface area contributed by atoms with Crippen LogP contribution in [0.25, 0.3) is 66.2 Å². The second kappa shape index (κ2) is 11.2. The maximum atomic E-state index is 5.10. The van der Waals surface area contributed by atoms with Crippen molar-refractivity contribution < 1.29 is 0 Å². The first-order valence-corrected chi connectivity index (χ1v) is 16.9. The van der Waals surface area contributed by atoms with Crippen LogP contribution in [-0.4, -0.2) is 18.9 Å². The number of para-hydroxylation sites is 3. The number of rotatable bonds is 5. The maximum Gasteiger partial charge on any atom is 0.145 e. The molecule has 0 N–H and O–H groups in total. The van der Waals surface area contributed by atoms with E-state index in [4.69, 9.17) is 9.97 Å². The summed E-state index contributed by atoms with van der Waals surface area (Å²) in [5, 5.41) is 5.87. The van der Waals surface area contributed by atoms with Crippen LogP contribution in [0.5, 0.6) is 0 Å². The van der Waals surface area contributed by atoms with Crippen molar-refractivity contribution in [2.24, 2.45) is 0 Å². The van der Waals surface area contributed by atoms with E-state index in [1.54, 1.807) is 0 Å². The smallest absolute Gasteiger partial charge is 0.145 e. The molecule has 0 fully saturated rings. The van der Waals surface area contributed by atoms with Crippen molar-refractivity contribution in [1.82, 2.24) is 18.9 Å². The molecule has 0 aliphatic carbocycles. The number of benzene rings is 6. The van der Waals surface area contributed by atoms with Crippen molar-refractivity contribution in [3.8, 4) is 17.1 Å². The Labute approximate surface area is 288 Å². The van der Waals surface area contributed by atoms with Crippen LogP contribution < -0.4 is 4.90 Å². The Bertz CT molecular complexity index is 2890. The third-order valence-corrected chi connectivity index (χ3v) is 9.93. The van der Waals surface area contributed by atoms with Crippen molar-refractivity contribution in [3.05, 3.63) is 176 Å². The van der Waals surface area contributed by atoms with Gasteiger partial charge >= 0.3 is 0 Å². The van der Waals surface area contributed by atoms with Crippen LogP contribution in [0.15, 0.2) is 170 Å². The van der Waals surface area contributed by atoms with E-state index >= 15 is 0 Å². The van der Waals surface area contributed by atoms with Crippen molar-refractivity contribution in [3.63, 3.8) is 0 Å². The molecule has 0 spiro atoms. The highest BCUT2D eigenvalue weighted by atomic mass is 15.1. The predicted molar refractivity (Wildman–Crippen MR) is 207 cm³/mol. The number of aryl methyl sites for hydroxylation is 1. The molecule has 0 radical (unpaired) electrons. The molecule has 10 aromatic rings. The van der Waals surface area contributed by atoms with Crippen LogP contribution in [0.2, 0.25) is 0 Å². The highest BCUT2D eigenvalue weighted by Gasteiger charge is 2.20. The lowest BCUT2D eigenvalue weighted by Crippen LogP contribution is -2.10. The Morgan fingerprint density at radius 3 is 1.94 bits per heavy atom. The highest BCUT2D eigenvalue weighted by Crippen LogP contribution is 2.42. The van der Waals surface area contributed by atoms with E-state index in [0.29, 0.717) is 0 Å². The summed E-state index contributed by atoms with van der Waals surface area (Å²) in [4.78, 5) is 12.2. The lowest BCUT2D eigenvalue weighted by Gasteiger charge is -2.26. The minimum absolute atomic E-state index is 0.894. The van der Waals surface area contributed by atoms with Gasteiger partial charge in [0.1, 0.15) is 11.5 Å². The minimum atomic E-state index is 0.894. The molecule has 236 valence electrons. The van der Waals surface area contributed by atoms with E-state index in [0.717, 1.165) is 56.2 Å². The topological polar surface area (TPSA) is 38.4 Å². The predicted octanol–water partition coefficient (Wildman–Crippen LogP) is 11.6. The standard InChI is InChI=1S/C45H31N5/c1-30-13-5-6-16-34(30)43-29-47-45-39-27-32(22-24-35(39)36-17-7-10-20-41(36)50(43)45)48(31-14-3-2-4-15-31)33-23-25-38-37-18-8-9-19-40(37)49(42(38)28-33)44-21-11-12-26-46-44/h2-29H,1H3. The zero-order valence-electron chi connectivity index (χ0n) is 27.4. The number of nitrogens with zero attached hydrogens (tertiary/aromatic N) is 5. The molecule has 0 unspecified atom stereocenters. The van der Waals surface area contributed by atoms with Gasteiger partial charge in [-0.15, -0.1) is 0 Å². The van der Waals surface area contributed by atoms with Gasteiger partial charge in [-0.2, -0.15) is 0 Å². The zero-order chi connectivity index (χ0) is 33.2.